The molecule has 0 unspecified atom stereocenters. The van der Waals surface area contributed by atoms with Crippen LogP contribution in [0.2, 0.25) is 0 Å². The van der Waals surface area contributed by atoms with Crippen molar-refractivity contribution in [2.24, 2.45) is 0 Å². The van der Waals surface area contributed by atoms with Crippen molar-refractivity contribution in [1.29, 1.82) is 0 Å². The number of alkyl halides is 1. The molecular formula is C21H25ClNO+. The Balaban J connectivity index is 1.83. The number of Topliss-reactive ketones (excluding diaryl/α,β-unsaturated/α-hetero) is 1. The maximum absolute atomic E-state index is 13.1. The molecule has 0 aliphatic heterocycles. The molecule has 0 heterocycles. The molecule has 2 aromatic carbocycles. The number of hydrogen-bond donors (Lipinski definition) is 1. The van der Waals surface area contributed by atoms with E-state index in [-0.39, 0.29) is 17.2 Å². The number of hydrogen-bond acceptors (Lipinski definition) is 1. The molecule has 2 atom stereocenters. The first kappa shape index (κ1) is 17.2. The van der Waals surface area contributed by atoms with Gasteiger partial charge in [-0.25, -0.2) is 0 Å². The standard InChI is InChI=1S/C21H24ClNO/c22-19(16-10-4-1-5-11-16)20(23-18-14-8-3-9-15-18)21(24)17-12-6-2-7-13-17/h1-2,4-7,10-13,18-20,23H,3,8-9,14-15H2/p+1/t19-,20-/m1/s1. The first-order valence-electron chi connectivity index (χ1n) is 8.89. The Hall–Kier alpha value is -1.64. The van der Waals surface area contributed by atoms with Crippen LogP contribution in [0.15, 0.2) is 60.7 Å². The second-order valence-electron chi connectivity index (χ2n) is 6.66. The fourth-order valence-electron chi connectivity index (χ4n) is 3.58. The molecule has 2 nitrogen and oxygen atoms in total. The van der Waals surface area contributed by atoms with Gasteiger partial charge < -0.3 is 5.32 Å². The molecule has 0 saturated heterocycles. The molecule has 0 radical (unpaired) electrons. The summed E-state index contributed by atoms with van der Waals surface area (Å²) in [6, 6.07) is 19.7. The highest BCUT2D eigenvalue weighted by molar-refractivity contribution is 6.23. The molecule has 1 aliphatic carbocycles. The van der Waals surface area contributed by atoms with E-state index in [1.807, 2.05) is 60.7 Å². The lowest BCUT2D eigenvalue weighted by Gasteiger charge is -2.27. The van der Waals surface area contributed by atoms with Crippen LogP contribution in [-0.4, -0.2) is 17.9 Å². The Labute approximate surface area is 149 Å². The van der Waals surface area contributed by atoms with Crippen molar-refractivity contribution in [3.8, 4) is 0 Å². The third kappa shape index (κ3) is 4.25. The van der Waals surface area contributed by atoms with Gasteiger partial charge in [0.15, 0.2) is 6.04 Å². The molecule has 1 aliphatic rings. The predicted octanol–water partition coefficient (Wildman–Crippen LogP) is 4.11. The van der Waals surface area contributed by atoms with Gasteiger partial charge in [0.05, 0.1) is 6.04 Å². The van der Waals surface area contributed by atoms with Crippen molar-refractivity contribution in [3.63, 3.8) is 0 Å². The van der Waals surface area contributed by atoms with Gasteiger partial charge in [0.1, 0.15) is 5.38 Å². The summed E-state index contributed by atoms with van der Waals surface area (Å²) in [4.78, 5) is 13.1. The number of quaternary nitrogens is 1. The van der Waals surface area contributed by atoms with Crippen LogP contribution in [0, 0.1) is 0 Å². The van der Waals surface area contributed by atoms with Crippen molar-refractivity contribution in [3.05, 3.63) is 71.8 Å². The topological polar surface area (TPSA) is 33.7 Å². The van der Waals surface area contributed by atoms with Gasteiger partial charge in [0.25, 0.3) is 0 Å². The van der Waals surface area contributed by atoms with Crippen molar-refractivity contribution < 1.29 is 10.1 Å². The summed E-state index contributed by atoms with van der Waals surface area (Å²) >= 11 is 6.78. The molecule has 1 fully saturated rings. The van der Waals surface area contributed by atoms with Crippen molar-refractivity contribution in [1.82, 2.24) is 0 Å². The average molecular weight is 343 g/mol. The van der Waals surface area contributed by atoms with Gasteiger partial charge in [-0.2, -0.15) is 0 Å². The van der Waals surface area contributed by atoms with E-state index in [0.717, 1.165) is 11.1 Å². The molecule has 0 bridgehead atoms. The monoisotopic (exact) mass is 342 g/mol. The number of benzene rings is 2. The molecule has 0 aromatic heterocycles. The van der Waals surface area contributed by atoms with Crippen LogP contribution in [0.5, 0.6) is 0 Å². The van der Waals surface area contributed by atoms with Crippen LogP contribution < -0.4 is 5.32 Å². The summed E-state index contributed by atoms with van der Waals surface area (Å²) in [5, 5.41) is 1.92. The van der Waals surface area contributed by atoms with E-state index in [2.05, 4.69) is 5.32 Å². The lowest BCUT2D eigenvalue weighted by molar-refractivity contribution is -0.711. The fourth-order valence-corrected chi connectivity index (χ4v) is 3.92. The Morgan fingerprint density at radius 2 is 1.50 bits per heavy atom. The van der Waals surface area contributed by atoms with E-state index < -0.39 is 0 Å². The summed E-state index contributed by atoms with van der Waals surface area (Å²) in [7, 11) is 0. The number of carbonyl (C=O) groups excluding carboxylic acids is 1. The minimum Gasteiger partial charge on any atom is -0.333 e. The average Bonchev–Trinajstić information content (AvgIpc) is 2.67. The Morgan fingerprint density at radius 1 is 0.917 bits per heavy atom. The molecule has 2 aromatic rings. The van der Waals surface area contributed by atoms with E-state index in [4.69, 9.17) is 11.6 Å². The normalized spacial score (nSPS) is 18.0. The van der Waals surface area contributed by atoms with E-state index in [0.29, 0.717) is 6.04 Å². The zero-order valence-electron chi connectivity index (χ0n) is 13.9. The maximum atomic E-state index is 13.1. The first-order chi connectivity index (χ1) is 11.8. The third-order valence-electron chi connectivity index (χ3n) is 4.92. The minimum absolute atomic E-state index is 0.130. The number of carbonyl (C=O) groups is 1. The lowest BCUT2D eigenvalue weighted by Crippen LogP contribution is -2.97. The van der Waals surface area contributed by atoms with Gasteiger partial charge in [-0.15, -0.1) is 11.6 Å². The van der Waals surface area contributed by atoms with Crippen molar-refractivity contribution in [2.45, 2.75) is 49.6 Å². The van der Waals surface area contributed by atoms with Gasteiger partial charge in [-0.05, 0) is 31.2 Å². The van der Waals surface area contributed by atoms with E-state index in [1.54, 1.807) is 0 Å². The lowest BCUT2D eigenvalue weighted by atomic mass is 9.91. The molecule has 0 amide bonds. The highest BCUT2D eigenvalue weighted by Gasteiger charge is 2.34. The second kappa shape index (κ2) is 8.46. The zero-order chi connectivity index (χ0) is 16.8. The van der Waals surface area contributed by atoms with E-state index >= 15 is 0 Å². The largest absolute Gasteiger partial charge is 0.333 e. The van der Waals surface area contributed by atoms with Gasteiger partial charge in [0.2, 0.25) is 5.78 Å². The van der Waals surface area contributed by atoms with Crippen LogP contribution in [0.25, 0.3) is 0 Å². The van der Waals surface area contributed by atoms with Crippen LogP contribution in [0.4, 0.5) is 0 Å². The summed E-state index contributed by atoms with van der Waals surface area (Å²) in [5.41, 5.74) is 1.76. The molecule has 3 heteroatoms. The highest BCUT2D eigenvalue weighted by atomic mass is 35.5. The van der Waals surface area contributed by atoms with Crippen LogP contribution in [-0.2, 0) is 0 Å². The zero-order valence-corrected chi connectivity index (χ0v) is 14.7. The van der Waals surface area contributed by atoms with E-state index in [1.165, 1.54) is 32.1 Å². The first-order valence-corrected chi connectivity index (χ1v) is 9.32. The van der Waals surface area contributed by atoms with Gasteiger partial charge in [0, 0.05) is 5.56 Å². The summed E-state index contributed by atoms with van der Waals surface area (Å²) < 4.78 is 0. The molecule has 24 heavy (non-hydrogen) atoms. The van der Waals surface area contributed by atoms with Crippen LogP contribution >= 0.6 is 11.6 Å². The smallest absolute Gasteiger partial charge is 0.221 e. The number of nitrogens with two attached hydrogens (primary N) is 1. The number of ketones is 1. The molecule has 126 valence electrons. The van der Waals surface area contributed by atoms with Crippen molar-refractivity contribution in [2.75, 3.05) is 0 Å². The quantitative estimate of drug-likeness (QED) is 0.622. The number of rotatable bonds is 6. The highest BCUT2D eigenvalue weighted by Crippen LogP contribution is 2.25. The Bertz CT molecular complexity index is 637. The SMILES string of the molecule is O=C(c1ccccc1)[C@H]([NH2+]C1CCCCC1)[C@H](Cl)c1ccccc1. The summed E-state index contributed by atoms with van der Waals surface area (Å²) in [6.07, 6.45) is 6.18. The van der Waals surface area contributed by atoms with Crippen molar-refractivity contribution >= 4 is 17.4 Å². The molecule has 2 N–H and O–H groups in total. The Kier molecular flexibility index (Phi) is 6.06. The molecule has 1 saturated carbocycles. The second-order valence-corrected chi connectivity index (χ2v) is 7.13. The predicted molar refractivity (Wildman–Crippen MR) is 98.4 cm³/mol. The summed E-state index contributed by atoms with van der Waals surface area (Å²) in [6.45, 7) is 0. The fraction of sp³-hybridized carbons (Fsp3) is 0.381. The molecule has 0 spiro atoms. The van der Waals surface area contributed by atoms with Gasteiger partial charge >= 0.3 is 0 Å². The maximum Gasteiger partial charge on any atom is 0.221 e. The Morgan fingerprint density at radius 3 is 2.12 bits per heavy atom. The van der Waals surface area contributed by atoms with E-state index in [9.17, 15) is 4.79 Å². The van der Waals surface area contributed by atoms with Gasteiger partial charge in [-0.1, -0.05) is 67.1 Å². The summed E-state index contributed by atoms with van der Waals surface area (Å²) in [5.74, 6) is 0.130. The molecule has 3 rings (SSSR count). The number of halogens is 1. The van der Waals surface area contributed by atoms with Crippen LogP contribution in [0.1, 0.15) is 53.4 Å². The minimum atomic E-state index is -0.319. The van der Waals surface area contributed by atoms with Crippen LogP contribution in [0.3, 0.4) is 0 Å². The third-order valence-corrected chi connectivity index (χ3v) is 5.45. The van der Waals surface area contributed by atoms with Gasteiger partial charge in [-0.3, -0.25) is 4.79 Å². The molecular weight excluding hydrogens is 318 g/mol.